The molecule has 0 unspecified atom stereocenters. The minimum Gasteiger partial charge on any atom is -0.405 e. The fourth-order valence-electron chi connectivity index (χ4n) is 5.48. The molecule has 1 fully saturated rings. The molecule has 41 heavy (non-hydrogen) atoms. The van der Waals surface area contributed by atoms with Gasteiger partial charge in [-0.15, -0.1) is 0 Å². The monoisotopic (exact) mass is 569 g/mol. The summed E-state index contributed by atoms with van der Waals surface area (Å²) < 4.78 is 14.5. The van der Waals surface area contributed by atoms with Gasteiger partial charge in [0.05, 0.1) is 12.7 Å². The predicted octanol–water partition coefficient (Wildman–Crippen LogP) is 3.72. The Morgan fingerprint density at radius 3 is 2.07 bits per heavy atom. The highest BCUT2D eigenvalue weighted by atomic mass is 28.4. The van der Waals surface area contributed by atoms with E-state index >= 15 is 0 Å². The van der Waals surface area contributed by atoms with E-state index in [1.165, 1.54) is 10.8 Å². The van der Waals surface area contributed by atoms with E-state index in [2.05, 4.69) is 55.3 Å². The van der Waals surface area contributed by atoms with Gasteiger partial charge in [0.1, 0.15) is 18.1 Å². The van der Waals surface area contributed by atoms with Crippen LogP contribution in [0.5, 0.6) is 0 Å². The Morgan fingerprint density at radius 1 is 0.976 bits per heavy atom. The Bertz CT molecular complexity index is 1480. The van der Waals surface area contributed by atoms with Crippen molar-refractivity contribution in [3.05, 3.63) is 119 Å². The third-order valence-electron chi connectivity index (χ3n) is 7.50. The molecule has 3 aromatic carbocycles. The van der Waals surface area contributed by atoms with E-state index in [0.717, 1.165) is 10.4 Å². The summed E-state index contributed by atoms with van der Waals surface area (Å²) in [7, 11) is -2.82. The van der Waals surface area contributed by atoms with Gasteiger partial charge in [0.15, 0.2) is 0 Å². The van der Waals surface area contributed by atoms with Crippen LogP contribution in [0.25, 0.3) is 0 Å². The van der Waals surface area contributed by atoms with Crippen molar-refractivity contribution < 1.29 is 19.1 Å². The van der Waals surface area contributed by atoms with Gasteiger partial charge >= 0.3 is 5.69 Å². The largest absolute Gasteiger partial charge is 0.405 e. The van der Waals surface area contributed by atoms with Gasteiger partial charge in [-0.2, -0.15) is 4.98 Å². The Balaban J connectivity index is 1.34. The summed E-state index contributed by atoms with van der Waals surface area (Å²) in [4.78, 5) is 29.4. The van der Waals surface area contributed by atoms with Crippen molar-refractivity contribution in [3.8, 4) is 0 Å². The van der Waals surface area contributed by atoms with Crippen LogP contribution in [0.2, 0.25) is 5.04 Å². The smallest absolute Gasteiger partial charge is 0.351 e. The maximum absolute atomic E-state index is 12.9. The molecule has 0 aliphatic carbocycles. The number of carbonyl (C=O) groups is 1. The van der Waals surface area contributed by atoms with Crippen LogP contribution in [0.4, 0.5) is 5.82 Å². The average molecular weight is 570 g/mol. The van der Waals surface area contributed by atoms with Crippen molar-refractivity contribution in [2.24, 2.45) is 0 Å². The number of hydrogen-bond acceptors (Lipinski definition) is 6. The highest BCUT2D eigenvalue weighted by Gasteiger charge is 2.51. The lowest BCUT2D eigenvalue weighted by atomic mass is 10.2. The summed E-state index contributed by atoms with van der Waals surface area (Å²) in [5, 5.41) is 15.7. The van der Waals surface area contributed by atoms with Crippen LogP contribution < -0.4 is 21.4 Å². The zero-order valence-corrected chi connectivity index (χ0v) is 24.4. The molecular weight excluding hydrogens is 534 g/mol. The minimum atomic E-state index is -2.82. The molecule has 2 N–H and O–H groups in total. The number of ether oxygens (including phenoxy) is 1. The molecule has 0 bridgehead atoms. The van der Waals surface area contributed by atoms with E-state index in [9.17, 15) is 14.7 Å². The molecule has 4 aromatic rings. The van der Waals surface area contributed by atoms with Gasteiger partial charge in [0.25, 0.3) is 14.2 Å². The highest BCUT2D eigenvalue weighted by Crippen LogP contribution is 2.38. The molecule has 2 heterocycles. The van der Waals surface area contributed by atoms with Crippen molar-refractivity contribution in [3.63, 3.8) is 0 Å². The van der Waals surface area contributed by atoms with Crippen molar-refractivity contribution >= 4 is 30.4 Å². The number of carbonyl (C=O) groups excluding carboxylic acids is 1. The molecule has 0 saturated carbocycles. The lowest BCUT2D eigenvalue weighted by molar-refractivity contribution is -0.0426. The molecular formula is C32H35N3O5Si. The molecule has 8 nitrogen and oxygen atoms in total. The first-order chi connectivity index (χ1) is 19.7. The zero-order valence-electron chi connectivity index (χ0n) is 23.4. The lowest BCUT2D eigenvalue weighted by Gasteiger charge is -2.43. The molecule has 0 spiro atoms. The molecule has 5 rings (SSSR count). The van der Waals surface area contributed by atoms with Crippen LogP contribution in [-0.2, 0) is 9.16 Å². The maximum Gasteiger partial charge on any atom is 0.351 e. The second kappa shape index (κ2) is 11.9. The summed E-state index contributed by atoms with van der Waals surface area (Å²) in [5.74, 6) is -0.214. The minimum absolute atomic E-state index is 0.144. The number of benzene rings is 3. The van der Waals surface area contributed by atoms with Gasteiger partial charge in [0.2, 0.25) is 0 Å². The number of aliphatic hydroxyl groups is 1. The summed E-state index contributed by atoms with van der Waals surface area (Å²) in [6, 6.07) is 30.8. The van der Waals surface area contributed by atoms with Crippen LogP contribution in [0.1, 0.15) is 43.8 Å². The van der Waals surface area contributed by atoms with Crippen LogP contribution in [0, 0.1) is 0 Å². The highest BCUT2D eigenvalue weighted by molar-refractivity contribution is 6.99. The van der Waals surface area contributed by atoms with Crippen molar-refractivity contribution in [2.45, 2.75) is 50.7 Å². The molecule has 1 saturated heterocycles. The van der Waals surface area contributed by atoms with Crippen LogP contribution >= 0.6 is 0 Å². The SMILES string of the molecule is CC(C)(C)[Si](OC[C@H]1O[C@@H](n2ccc(NC(=O)c3ccccc3)nc2=O)C[C@@H]1O)(c1ccccc1)c1ccccc1. The molecule has 3 atom stereocenters. The van der Waals surface area contributed by atoms with Crippen molar-refractivity contribution in [1.82, 2.24) is 9.55 Å². The number of nitrogens with one attached hydrogen (secondary N) is 1. The van der Waals surface area contributed by atoms with Crippen LogP contribution in [-0.4, -0.2) is 47.7 Å². The summed E-state index contributed by atoms with van der Waals surface area (Å²) >= 11 is 0. The standard InChI is InChI=1S/C32H35N3O5Si/c1-32(2,3)41(24-15-9-5-10-16-24,25-17-11-6-12-18-25)39-22-27-26(36)21-29(40-27)35-20-19-28(34-31(35)38)33-30(37)23-13-7-4-8-14-23/h4-20,26-27,29,36H,21-22H2,1-3H3,(H,33,34,37,38)/t26-,27+,29+/m0/s1. The Labute approximate surface area is 240 Å². The summed E-state index contributed by atoms with van der Waals surface area (Å²) in [5.41, 5.74) is -0.119. The first-order valence-corrected chi connectivity index (χ1v) is 15.6. The van der Waals surface area contributed by atoms with E-state index in [1.54, 1.807) is 30.3 Å². The van der Waals surface area contributed by atoms with E-state index < -0.39 is 32.4 Å². The van der Waals surface area contributed by atoms with Crippen molar-refractivity contribution in [2.75, 3.05) is 11.9 Å². The first-order valence-electron chi connectivity index (χ1n) is 13.7. The first kappa shape index (κ1) is 28.6. The third kappa shape index (κ3) is 5.94. The lowest BCUT2D eigenvalue weighted by Crippen LogP contribution is -2.67. The number of aliphatic hydroxyl groups excluding tert-OH is 1. The van der Waals surface area contributed by atoms with Gasteiger partial charge in [-0.05, 0) is 33.6 Å². The second-order valence-electron chi connectivity index (χ2n) is 11.2. The number of aromatic nitrogens is 2. The number of hydrogen-bond donors (Lipinski definition) is 2. The molecule has 1 aromatic heterocycles. The normalized spacial score (nSPS) is 19.2. The van der Waals surface area contributed by atoms with E-state index in [0.29, 0.717) is 5.56 Å². The van der Waals surface area contributed by atoms with Gasteiger partial charge in [-0.1, -0.05) is 99.6 Å². The fourth-order valence-corrected chi connectivity index (χ4v) is 10.1. The second-order valence-corrected chi connectivity index (χ2v) is 15.5. The predicted molar refractivity (Wildman–Crippen MR) is 161 cm³/mol. The fraction of sp³-hybridized carbons (Fsp3) is 0.281. The summed E-state index contributed by atoms with van der Waals surface area (Å²) in [6.45, 7) is 6.74. The number of rotatable bonds is 8. The molecule has 1 aliphatic heterocycles. The Hall–Kier alpha value is -3.89. The number of nitrogens with zero attached hydrogens (tertiary/aromatic N) is 2. The number of amides is 1. The number of anilines is 1. The topological polar surface area (TPSA) is 103 Å². The van der Waals surface area contributed by atoms with E-state index in [1.807, 2.05) is 42.5 Å². The Kier molecular flexibility index (Phi) is 8.32. The maximum atomic E-state index is 12.9. The van der Waals surface area contributed by atoms with E-state index in [-0.39, 0.29) is 29.8 Å². The molecule has 1 aliphatic rings. The van der Waals surface area contributed by atoms with Crippen LogP contribution in [0.3, 0.4) is 0 Å². The molecule has 0 radical (unpaired) electrons. The van der Waals surface area contributed by atoms with Gasteiger partial charge in [-0.25, -0.2) is 4.79 Å². The zero-order chi connectivity index (χ0) is 29.0. The van der Waals surface area contributed by atoms with Gasteiger partial charge < -0.3 is 19.6 Å². The third-order valence-corrected chi connectivity index (χ3v) is 12.5. The van der Waals surface area contributed by atoms with Crippen LogP contribution in [0.15, 0.2) is 108 Å². The summed E-state index contributed by atoms with van der Waals surface area (Å²) in [6.07, 6.45) is -0.435. The molecule has 1 amide bonds. The average Bonchev–Trinajstić information content (AvgIpc) is 3.34. The molecule has 9 heteroatoms. The van der Waals surface area contributed by atoms with Gasteiger partial charge in [-0.3, -0.25) is 9.36 Å². The quantitative estimate of drug-likeness (QED) is 0.314. The van der Waals surface area contributed by atoms with Crippen molar-refractivity contribution in [1.29, 1.82) is 0 Å². The van der Waals surface area contributed by atoms with E-state index in [4.69, 9.17) is 9.16 Å². The van der Waals surface area contributed by atoms with Gasteiger partial charge in [0, 0.05) is 18.2 Å². The molecule has 212 valence electrons. The Morgan fingerprint density at radius 2 is 1.54 bits per heavy atom.